The summed E-state index contributed by atoms with van der Waals surface area (Å²) in [6.45, 7) is 8.67. The minimum Gasteiger partial charge on any atom is -0.363 e. The summed E-state index contributed by atoms with van der Waals surface area (Å²) in [4.78, 5) is 13.0. The zero-order valence-corrected chi connectivity index (χ0v) is 9.78. The Bertz CT molecular complexity index is 391. The Kier molecular flexibility index (Phi) is 4.80. The first kappa shape index (κ1) is 12.5. The zero-order chi connectivity index (χ0) is 12.0. The Morgan fingerprint density at radius 3 is 2.38 bits per heavy atom. The fourth-order valence-electron chi connectivity index (χ4n) is 1.50. The Balaban J connectivity index is 3.16. The van der Waals surface area contributed by atoms with E-state index in [9.17, 15) is 4.79 Å². The standard InChI is InChI=1S/C13H14ClNO/c1-3-8-15(9-4-2)13-7-5-6-12(14)11(13)10-16/h3-7,10H,1-2,8-9H2. The van der Waals surface area contributed by atoms with Gasteiger partial charge in [-0.25, -0.2) is 0 Å². The van der Waals surface area contributed by atoms with E-state index in [1.807, 2.05) is 17.0 Å². The molecule has 84 valence electrons. The molecule has 0 fully saturated rings. The lowest BCUT2D eigenvalue weighted by molar-refractivity contribution is 0.112. The lowest BCUT2D eigenvalue weighted by atomic mass is 10.1. The summed E-state index contributed by atoms with van der Waals surface area (Å²) in [5.41, 5.74) is 1.31. The van der Waals surface area contributed by atoms with Crippen LogP contribution in [0.15, 0.2) is 43.5 Å². The van der Waals surface area contributed by atoms with Gasteiger partial charge in [-0.3, -0.25) is 4.79 Å². The number of halogens is 1. The summed E-state index contributed by atoms with van der Waals surface area (Å²) in [6, 6.07) is 5.39. The van der Waals surface area contributed by atoms with Crippen LogP contribution in [-0.4, -0.2) is 19.4 Å². The summed E-state index contributed by atoms with van der Waals surface area (Å²) < 4.78 is 0. The third kappa shape index (κ3) is 2.74. The number of carbonyl (C=O) groups is 1. The smallest absolute Gasteiger partial charge is 0.153 e. The summed E-state index contributed by atoms with van der Waals surface area (Å²) >= 11 is 5.96. The molecule has 16 heavy (non-hydrogen) atoms. The van der Waals surface area contributed by atoms with Gasteiger partial charge in [0.25, 0.3) is 0 Å². The Morgan fingerprint density at radius 1 is 1.25 bits per heavy atom. The maximum absolute atomic E-state index is 11.0. The first-order chi connectivity index (χ1) is 7.74. The molecule has 0 aromatic heterocycles. The summed E-state index contributed by atoms with van der Waals surface area (Å²) in [6.07, 6.45) is 4.33. The van der Waals surface area contributed by atoms with Crippen molar-refractivity contribution in [2.24, 2.45) is 0 Å². The number of hydrogen-bond donors (Lipinski definition) is 0. The van der Waals surface area contributed by atoms with Crippen LogP contribution in [0.1, 0.15) is 10.4 Å². The van der Waals surface area contributed by atoms with Crippen LogP contribution in [0.5, 0.6) is 0 Å². The molecule has 0 aliphatic carbocycles. The molecule has 3 heteroatoms. The highest BCUT2D eigenvalue weighted by molar-refractivity contribution is 6.33. The van der Waals surface area contributed by atoms with E-state index in [2.05, 4.69) is 13.2 Å². The van der Waals surface area contributed by atoms with Crippen LogP contribution in [-0.2, 0) is 0 Å². The van der Waals surface area contributed by atoms with Crippen molar-refractivity contribution in [3.05, 3.63) is 54.1 Å². The van der Waals surface area contributed by atoms with Crippen molar-refractivity contribution in [2.75, 3.05) is 18.0 Å². The molecule has 0 radical (unpaired) electrons. The number of hydrogen-bond acceptors (Lipinski definition) is 2. The van der Waals surface area contributed by atoms with E-state index in [0.717, 1.165) is 12.0 Å². The highest BCUT2D eigenvalue weighted by Gasteiger charge is 2.11. The second-order valence-corrected chi connectivity index (χ2v) is 3.68. The minimum absolute atomic E-state index is 0.464. The lowest BCUT2D eigenvalue weighted by Gasteiger charge is -2.23. The van der Waals surface area contributed by atoms with E-state index in [1.54, 1.807) is 18.2 Å². The van der Waals surface area contributed by atoms with Gasteiger partial charge in [-0.2, -0.15) is 0 Å². The third-order valence-electron chi connectivity index (χ3n) is 2.19. The summed E-state index contributed by atoms with van der Waals surface area (Å²) in [5, 5.41) is 0.464. The van der Waals surface area contributed by atoms with Gasteiger partial charge in [-0.1, -0.05) is 29.8 Å². The van der Waals surface area contributed by atoms with Crippen molar-refractivity contribution in [1.29, 1.82) is 0 Å². The van der Waals surface area contributed by atoms with Crippen molar-refractivity contribution in [3.63, 3.8) is 0 Å². The number of carbonyl (C=O) groups excluding carboxylic acids is 1. The van der Waals surface area contributed by atoms with Crippen LogP contribution in [0.2, 0.25) is 5.02 Å². The predicted molar refractivity (Wildman–Crippen MR) is 69.4 cm³/mol. The Hall–Kier alpha value is -1.54. The topological polar surface area (TPSA) is 20.3 Å². The normalized spacial score (nSPS) is 9.56. The molecule has 0 aliphatic rings. The van der Waals surface area contributed by atoms with E-state index < -0.39 is 0 Å². The molecule has 0 N–H and O–H groups in total. The van der Waals surface area contributed by atoms with Crippen LogP contribution in [0.3, 0.4) is 0 Å². The molecule has 1 aromatic carbocycles. The lowest BCUT2D eigenvalue weighted by Crippen LogP contribution is -2.24. The number of benzene rings is 1. The molecule has 0 amide bonds. The maximum Gasteiger partial charge on any atom is 0.153 e. The Morgan fingerprint density at radius 2 is 1.88 bits per heavy atom. The molecule has 0 atom stereocenters. The number of rotatable bonds is 6. The quantitative estimate of drug-likeness (QED) is 0.557. The van der Waals surface area contributed by atoms with Crippen molar-refractivity contribution >= 4 is 23.6 Å². The molecule has 0 saturated heterocycles. The minimum atomic E-state index is 0.464. The van der Waals surface area contributed by atoms with Gasteiger partial charge in [0.1, 0.15) is 0 Å². The van der Waals surface area contributed by atoms with E-state index in [-0.39, 0.29) is 0 Å². The molecule has 1 aromatic rings. The van der Waals surface area contributed by atoms with Crippen molar-refractivity contribution in [2.45, 2.75) is 0 Å². The number of nitrogens with zero attached hydrogens (tertiary/aromatic N) is 1. The van der Waals surface area contributed by atoms with Gasteiger partial charge < -0.3 is 4.90 Å². The van der Waals surface area contributed by atoms with Crippen molar-refractivity contribution in [1.82, 2.24) is 0 Å². The zero-order valence-electron chi connectivity index (χ0n) is 9.03. The molecule has 1 rings (SSSR count). The first-order valence-electron chi connectivity index (χ1n) is 4.95. The summed E-state index contributed by atoms with van der Waals surface area (Å²) in [5.74, 6) is 0. The van der Waals surface area contributed by atoms with E-state index >= 15 is 0 Å². The highest BCUT2D eigenvalue weighted by atomic mass is 35.5. The van der Waals surface area contributed by atoms with E-state index in [0.29, 0.717) is 23.7 Å². The van der Waals surface area contributed by atoms with Crippen LogP contribution >= 0.6 is 11.6 Å². The number of anilines is 1. The van der Waals surface area contributed by atoms with E-state index in [4.69, 9.17) is 11.6 Å². The molecule has 0 bridgehead atoms. The van der Waals surface area contributed by atoms with Crippen molar-refractivity contribution < 1.29 is 4.79 Å². The van der Waals surface area contributed by atoms with Gasteiger partial charge in [0.15, 0.2) is 6.29 Å². The molecular weight excluding hydrogens is 222 g/mol. The highest BCUT2D eigenvalue weighted by Crippen LogP contribution is 2.25. The Labute approximate surface area is 101 Å². The van der Waals surface area contributed by atoms with Gasteiger partial charge >= 0.3 is 0 Å². The van der Waals surface area contributed by atoms with Gasteiger partial charge in [-0.15, -0.1) is 13.2 Å². The molecule has 0 saturated carbocycles. The molecule has 0 unspecified atom stereocenters. The van der Waals surface area contributed by atoms with Crippen LogP contribution in [0, 0.1) is 0 Å². The second kappa shape index (κ2) is 6.13. The van der Waals surface area contributed by atoms with E-state index in [1.165, 1.54) is 0 Å². The van der Waals surface area contributed by atoms with Gasteiger partial charge in [-0.05, 0) is 12.1 Å². The largest absolute Gasteiger partial charge is 0.363 e. The van der Waals surface area contributed by atoms with Gasteiger partial charge in [0, 0.05) is 18.8 Å². The number of aldehydes is 1. The average molecular weight is 236 g/mol. The molecule has 2 nitrogen and oxygen atoms in total. The molecular formula is C13H14ClNO. The molecule has 0 heterocycles. The fraction of sp³-hybridized carbons (Fsp3) is 0.154. The van der Waals surface area contributed by atoms with Crippen LogP contribution in [0.25, 0.3) is 0 Å². The first-order valence-corrected chi connectivity index (χ1v) is 5.32. The monoisotopic (exact) mass is 235 g/mol. The second-order valence-electron chi connectivity index (χ2n) is 3.27. The third-order valence-corrected chi connectivity index (χ3v) is 2.52. The summed E-state index contributed by atoms with van der Waals surface area (Å²) in [7, 11) is 0. The van der Waals surface area contributed by atoms with Gasteiger partial charge in [0.2, 0.25) is 0 Å². The average Bonchev–Trinajstić information content (AvgIpc) is 2.28. The molecule has 0 spiro atoms. The van der Waals surface area contributed by atoms with Crippen molar-refractivity contribution in [3.8, 4) is 0 Å². The molecule has 0 aliphatic heterocycles. The fourth-order valence-corrected chi connectivity index (χ4v) is 1.72. The van der Waals surface area contributed by atoms with Crippen LogP contribution in [0.4, 0.5) is 5.69 Å². The maximum atomic E-state index is 11.0. The van der Waals surface area contributed by atoms with Crippen LogP contribution < -0.4 is 4.90 Å². The van der Waals surface area contributed by atoms with Gasteiger partial charge in [0.05, 0.1) is 10.6 Å². The predicted octanol–water partition coefficient (Wildman–Crippen LogP) is 3.33. The SMILES string of the molecule is C=CCN(CC=C)c1cccc(Cl)c1C=O.